The van der Waals surface area contributed by atoms with Gasteiger partial charge in [0.15, 0.2) is 0 Å². The standard InChI is InChI=1S/C17H18N2OS/c18-12-14-6-2-1-5-13(14)11-17(20)19-9-10-21-16-8-4-3-7-15(16)19/h1-8H,9-12,18H2. The molecule has 3 rings (SSSR count). The Morgan fingerprint density at radius 3 is 2.62 bits per heavy atom. The van der Waals surface area contributed by atoms with Crippen LogP contribution in [0.15, 0.2) is 53.4 Å². The van der Waals surface area contributed by atoms with Crippen molar-refractivity contribution in [1.29, 1.82) is 0 Å². The molecule has 2 aromatic rings. The highest BCUT2D eigenvalue weighted by atomic mass is 32.2. The van der Waals surface area contributed by atoms with Gasteiger partial charge in [-0.05, 0) is 23.3 Å². The first kappa shape index (κ1) is 14.2. The summed E-state index contributed by atoms with van der Waals surface area (Å²) < 4.78 is 0. The maximum absolute atomic E-state index is 12.7. The molecular formula is C17H18N2OS. The fraction of sp³-hybridized carbons (Fsp3) is 0.235. The first-order valence-corrected chi connectivity index (χ1v) is 8.07. The Morgan fingerprint density at radius 1 is 1.10 bits per heavy atom. The predicted octanol–water partition coefficient (Wildman–Crippen LogP) is 2.83. The number of benzene rings is 2. The highest BCUT2D eigenvalue weighted by molar-refractivity contribution is 7.99. The van der Waals surface area contributed by atoms with Crippen molar-refractivity contribution in [3.8, 4) is 0 Å². The summed E-state index contributed by atoms with van der Waals surface area (Å²) in [7, 11) is 0. The fourth-order valence-electron chi connectivity index (χ4n) is 2.62. The number of nitrogens with two attached hydrogens (primary N) is 1. The Morgan fingerprint density at radius 2 is 1.81 bits per heavy atom. The molecule has 0 aliphatic carbocycles. The van der Waals surface area contributed by atoms with E-state index in [1.807, 2.05) is 59.1 Å². The summed E-state index contributed by atoms with van der Waals surface area (Å²) in [4.78, 5) is 15.8. The highest BCUT2D eigenvalue weighted by Crippen LogP contribution is 2.34. The molecule has 21 heavy (non-hydrogen) atoms. The van der Waals surface area contributed by atoms with Crippen LogP contribution in [0.1, 0.15) is 11.1 Å². The van der Waals surface area contributed by atoms with Crippen molar-refractivity contribution in [2.45, 2.75) is 17.9 Å². The molecule has 1 amide bonds. The van der Waals surface area contributed by atoms with Gasteiger partial charge in [0.2, 0.25) is 5.91 Å². The summed E-state index contributed by atoms with van der Waals surface area (Å²) in [5.74, 6) is 1.09. The molecule has 0 unspecified atom stereocenters. The Hall–Kier alpha value is -1.78. The number of para-hydroxylation sites is 1. The lowest BCUT2D eigenvalue weighted by molar-refractivity contribution is -0.118. The molecule has 1 aliphatic heterocycles. The number of carbonyl (C=O) groups is 1. The van der Waals surface area contributed by atoms with Gasteiger partial charge in [-0.1, -0.05) is 36.4 Å². The van der Waals surface area contributed by atoms with Gasteiger partial charge >= 0.3 is 0 Å². The molecule has 2 aromatic carbocycles. The third-order valence-electron chi connectivity index (χ3n) is 3.71. The first-order chi connectivity index (χ1) is 10.3. The van der Waals surface area contributed by atoms with E-state index in [-0.39, 0.29) is 5.91 Å². The average Bonchev–Trinajstić information content (AvgIpc) is 2.54. The van der Waals surface area contributed by atoms with Crippen LogP contribution in [-0.2, 0) is 17.8 Å². The van der Waals surface area contributed by atoms with E-state index in [9.17, 15) is 4.79 Å². The van der Waals surface area contributed by atoms with Gasteiger partial charge in [0.1, 0.15) is 0 Å². The van der Waals surface area contributed by atoms with Crippen LogP contribution in [0, 0.1) is 0 Å². The lowest BCUT2D eigenvalue weighted by Gasteiger charge is -2.29. The van der Waals surface area contributed by atoms with Crippen molar-refractivity contribution >= 4 is 23.4 Å². The van der Waals surface area contributed by atoms with Gasteiger partial charge in [-0.3, -0.25) is 4.79 Å². The summed E-state index contributed by atoms with van der Waals surface area (Å²) in [6.45, 7) is 1.24. The smallest absolute Gasteiger partial charge is 0.231 e. The number of hydrogen-bond donors (Lipinski definition) is 1. The van der Waals surface area contributed by atoms with Crippen LogP contribution in [0.2, 0.25) is 0 Å². The van der Waals surface area contributed by atoms with Crippen LogP contribution in [0.4, 0.5) is 5.69 Å². The van der Waals surface area contributed by atoms with Crippen LogP contribution in [0.5, 0.6) is 0 Å². The maximum atomic E-state index is 12.7. The number of nitrogens with zero attached hydrogens (tertiary/aromatic N) is 1. The predicted molar refractivity (Wildman–Crippen MR) is 87.6 cm³/mol. The van der Waals surface area contributed by atoms with Crippen molar-refractivity contribution < 1.29 is 4.79 Å². The van der Waals surface area contributed by atoms with E-state index in [1.165, 1.54) is 4.90 Å². The van der Waals surface area contributed by atoms with Gasteiger partial charge in [-0.2, -0.15) is 0 Å². The number of rotatable bonds is 3. The molecule has 2 N–H and O–H groups in total. The summed E-state index contributed by atoms with van der Waals surface area (Å²) in [5, 5.41) is 0. The van der Waals surface area contributed by atoms with Gasteiger partial charge in [0.05, 0.1) is 12.1 Å². The number of carbonyl (C=O) groups excluding carboxylic acids is 1. The van der Waals surface area contributed by atoms with Crippen LogP contribution < -0.4 is 10.6 Å². The minimum absolute atomic E-state index is 0.142. The van der Waals surface area contributed by atoms with Crippen molar-refractivity contribution in [2.75, 3.05) is 17.2 Å². The highest BCUT2D eigenvalue weighted by Gasteiger charge is 2.22. The van der Waals surface area contributed by atoms with E-state index in [1.54, 1.807) is 0 Å². The fourth-order valence-corrected chi connectivity index (χ4v) is 3.61. The van der Waals surface area contributed by atoms with Crippen LogP contribution in [0.3, 0.4) is 0 Å². The zero-order valence-electron chi connectivity index (χ0n) is 11.8. The third kappa shape index (κ3) is 2.96. The van der Waals surface area contributed by atoms with Crippen molar-refractivity contribution in [3.05, 3.63) is 59.7 Å². The third-order valence-corrected chi connectivity index (χ3v) is 4.75. The largest absolute Gasteiger partial charge is 0.326 e. The molecule has 0 aromatic heterocycles. The second kappa shape index (κ2) is 6.33. The molecule has 0 atom stereocenters. The second-order valence-corrected chi connectivity index (χ2v) is 6.15. The summed E-state index contributed by atoms with van der Waals surface area (Å²) in [5.41, 5.74) is 8.86. The Labute approximate surface area is 129 Å². The van der Waals surface area contributed by atoms with Gasteiger partial charge < -0.3 is 10.6 Å². The molecule has 108 valence electrons. The van der Waals surface area contributed by atoms with Gasteiger partial charge in [-0.15, -0.1) is 11.8 Å². The molecule has 4 heteroatoms. The van der Waals surface area contributed by atoms with E-state index in [0.29, 0.717) is 13.0 Å². The number of thioether (sulfide) groups is 1. The molecule has 0 radical (unpaired) electrons. The molecule has 0 spiro atoms. The normalized spacial score (nSPS) is 13.9. The zero-order valence-corrected chi connectivity index (χ0v) is 12.6. The monoisotopic (exact) mass is 298 g/mol. The molecule has 0 bridgehead atoms. The molecule has 1 heterocycles. The molecule has 0 saturated carbocycles. The second-order valence-electron chi connectivity index (χ2n) is 5.01. The quantitative estimate of drug-likeness (QED) is 0.948. The Kier molecular flexibility index (Phi) is 4.27. The summed E-state index contributed by atoms with van der Waals surface area (Å²) in [6, 6.07) is 16.0. The summed E-state index contributed by atoms with van der Waals surface area (Å²) in [6.07, 6.45) is 0.409. The lowest BCUT2D eigenvalue weighted by Crippen LogP contribution is -2.36. The molecule has 0 fully saturated rings. The van der Waals surface area contributed by atoms with E-state index in [4.69, 9.17) is 5.73 Å². The van der Waals surface area contributed by atoms with Gasteiger partial charge in [0, 0.05) is 23.7 Å². The van der Waals surface area contributed by atoms with Crippen molar-refractivity contribution in [2.24, 2.45) is 5.73 Å². The van der Waals surface area contributed by atoms with E-state index in [2.05, 4.69) is 6.07 Å². The Bertz CT molecular complexity index is 657. The van der Waals surface area contributed by atoms with E-state index < -0.39 is 0 Å². The number of fused-ring (bicyclic) bond motifs is 1. The lowest BCUT2D eigenvalue weighted by atomic mass is 10.0. The SMILES string of the molecule is NCc1ccccc1CC(=O)N1CCSc2ccccc21. The minimum atomic E-state index is 0.142. The molecule has 0 saturated heterocycles. The molecular weight excluding hydrogens is 280 g/mol. The molecule has 1 aliphatic rings. The van der Waals surface area contributed by atoms with Gasteiger partial charge in [-0.25, -0.2) is 0 Å². The van der Waals surface area contributed by atoms with Crippen LogP contribution in [-0.4, -0.2) is 18.2 Å². The minimum Gasteiger partial charge on any atom is -0.326 e. The number of anilines is 1. The van der Waals surface area contributed by atoms with Crippen LogP contribution in [0.25, 0.3) is 0 Å². The topological polar surface area (TPSA) is 46.3 Å². The first-order valence-electron chi connectivity index (χ1n) is 7.08. The van der Waals surface area contributed by atoms with Crippen LogP contribution >= 0.6 is 11.8 Å². The van der Waals surface area contributed by atoms with Crippen molar-refractivity contribution in [1.82, 2.24) is 0 Å². The zero-order chi connectivity index (χ0) is 14.7. The summed E-state index contributed by atoms with van der Waals surface area (Å²) >= 11 is 1.81. The van der Waals surface area contributed by atoms with E-state index in [0.717, 1.165) is 29.1 Å². The van der Waals surface area contributed by atoms with Gasteiger partial charge in [0.25, 0.3) is 0 Å². The maximum Gasteiger partial charge on any atom is 0.231 e. The molecule has 3 nitrogen and oxygen atoms in total. The van der Waals surface area contributed by atoms with Crippen molar-refractivity contribution in [3.63, 3.8) is 0 Å². The average molecular weight is 298 g/mol. The Balaban J connectivity index is 1.84. The number of amides is 1. The number of hydrogen-bond acceptors (Lipinski definition) is 3. The van der Waals surface area contributed by atoms with E-state index >= 15 is 0 Å².